The van der Waals surface area contributed by atoms with Gasteiger partial charge in [0.1, 0.15) is 12.4 Å². The number of rotatable bonds is 6. The van der Waals surface area contributed by atoms with E-state index in [4.69, 9.17) is 4.74 Å². The Morgan fingerprint density at radius 1 is 1.33 bits per heavy atom. The van der Waals surface area contributed by atoms with Crippen LogP contribution in [0.4, 0.5) is 13.2 Å². The summed E-state index contributed by atoms with van der Waals surface area (Å²) in [5.74, 6) is 0.437. The molecule has 2 aromatic rings. The lowest BCUT2D eigenvalue weighted by Gasteiger charge is -2.21. The van der Waals surface area contributed by atoms with Gasteiger partial charge in [0.05, 0.1) is 29.4 Å². The van der Waals surface area contributed by atoms with Gasteiger partial charge in [-0.1, -0.05) is 12.1 Å². The predicted octanol–water partition coefficient (Wildman–Crippen LogP) is 4.17. The number of alkyl halides is 3. The molecule has 0 atom stereocenters. The topological polar surface area (TPSA) is 49.8 Å². The highest BCUT2D eigenvalue weighted by molar-refractivity contribution is 14.0. The Balaban J connectivity index is 0.00000364. The molecule has 1 aromatic carbocycles. The van der Waals surface area contributed by atoms with Crippen molar-refractivity contribution in [1.82, 2.24) is 15.2 Å². The number of aliphatic imine (C=N–C) groups is 1. The van der Waals surface area contributed by atoms with Gasteiger partial charge < -0.3 is 15.0 Å². The molecule has 2 rings (SSSR count). The molecule has 0 aliphatic heterocycles. The van der Waals surface area contributed by atoms with Crippen LogP contribution in [0.2, 0.25) is 0 Å². The van der Waals surface area contributed by atoms with Crippen molar-refractivity contribution in [2.75, 3.05) is 27.2 Å². The van der Waals surface area contributed by atoms with Crippen molar-refractivity contribution in [3.05, 3.63) is 45.9 Å². The highest BCUT2D eigenvalue weighted by Crippen LogP contribution is 2.35. The van der Waals surface area contributed by atoms with E-state index in [1.54, 1.807) is 18.4 Å². The Kier molecular flexibility index (Phi) is 9.30. The summed E-state index contributed by atoms with van der Waals surface area (Å²) in [6.45, 7) is 2.92. The number of aromatic nitrogens is 1. The Labute approximate surface area is 177 Å². The van der Waals surface area contributed by atoms with Crippen molar-refractivity contribution in [2.45, 2.75) is 19.6 Å². The van der Waals surface area contributed by atoms with E-state index in [9.17, 15) is 13.2 Å². The van der Waals surface area contributed by atoms with Crippen molar-refractivity contribution in [2.24, 2.45) is 4.99 Å². The third-order valence-electron chi connectivity index (χ3n) is 3.47. The molecule has 0 unspecified atom stereocenters. The number of hydrogen-bond acceptors (Lipinski definition) is 4. The van der Waals surface area contributed by atoms with Crippen LogP contribution in [0.3, 0.4) is 0 Å². The Morgan fingerprint density at radius 2 is 2.04 bits per heavy atom. The number of para-hydroxylation sites is 1. The standard InChI is InChI=1S/C17H21F3N4OS.HI/c1-12-23-13(11-26-12)10-24(3)16(21-2)22-8-9-25-15-7-5-4-6-14(15)17(18,19)20;/h4-7,11H,8-10H2,1-3H3,(H,21,22);1H. The molecular weight excluding hydrogens is 492 g/mol. The second-order valence-corrected chi connectivity index (χ2v) is 6.59. The molecule has 27 heavy (non-hydrogen) atoms. The molecule has 1 aromatic heterocycles. The Morgan fingerprint density at radius 3 is 2.63 bits per heavy atom. The lowest BCUT2D eigenvalue weighted by Crippen LogP contribution is -2.40. The highest BCUT2D eigenvalue weighted by Gasteiger charge is 2.33. The van der Waals surface area contributed by atoms with Crippen LogP contribution in [0.5, 0.6) is 5.75 Å². The summed E-state index contributed by atoms with van der Waals surface area (Å²) in [4.78, 5) is 10.4. The van der Waals surface area contributed by atoms with Gasteiger partial charge in [-0.3, -0.25) is 4.99 Å². The molecule has 0 aliphatic rings. The lowest BCUT2D eigenvalue weighted by molar-refractivity contribution is -0.138. The van der Waals surface area contributed by atoms with E-state index in [1.165, 1.54) is 18.2 Å². The molecule has 0 spiro atoms. The quantitative estimate of drug-likeness (QED) is 0.272. The van der Waals surface area contributed by atoms with Gasteiger partial charge in [-0.15, -0.1) is 35.3 Å². The molecule has 10 heteroatoms. The van der Waals surface area contributed by atoms with Crippen LogP contribution in [0, 0.1) is 6.92 Å². The number of benzene rings is 1. The smallest absolute Gasteiger partial charge is 0.419 e. The van der Waals surface area contributed by atoms with Crippen LogP contribution in [-0.4, -0.2) is 43.1 Å². The van der Waals surface area contributed by atoms with Gasteiger partial charge in [0.25, 0.3) is 0 Å². The van der Waals surface area contributed by atoms with Gasteiger partial charge >= 0.3 is 6.18 Å². The van der Waals surface area contributed by atoms with Crippen LogP contribution in [-0.2, 0) is 12.7 Å². The van der Waals surface area contributed by atoms with Crippen molar-refractivity contribution in [3.8, 4) is 5.75 Å². The number of guanidine groups is 1. The first kappa shape index (κ1) is 23.5. The van der Waals surface area contributed by atoms with Gasteiger partial charge in [-0.25, -0.2) is 4.98 Å². The number of hydrogen-bond donors (Lipinski definition) is 1. The van der Waals surface area contributed by atoms with E-state index in [1.807, 2.05) is 24.3 Å². The number of aryl methyl sites for hydroxylation is 1. The van der Waals surface area contributed by atoms with Crippen LogP contribution in [0.25, 0.3) is 0 Å². The van der Waals surface area contributed by atoms with Gasteiger partial charge in [0.15, 0.2) is 5.96 Å². The number of nitrogens with zero attached hydrogens (tertiary/aromatic N) is 3. The van der Waals surface area contributed by atoms with Gasteiger partial charge in [-0.05, 0) is 19.1 Å². The summed E-state index contributed by atoms with van der Waals surface area (Å²) >= 11 is 1.58. The van der Waals surface area contributed by atoms with Crippen molar-refractivity contribution in [3.63, 3.8) is 0 Å². The fourth-order valence-electron chi connectivity index (χ4n) is 2.33. The summed E-state index contributed by atoms with van der Waals surface area (Å²) < 4.78 is 44.1. The van der Waals surface area contributed by atoms with E-state index in [0.29, 0.717) is 19.0 Å². The molecule has 150 valence electrons. The average Bonchev–Trinajstić information content (AvgIpc) is 2.99. The fraction of sp³-hybridized carbons (Fsp3) is 0.412. The minimum Gasteiger partial charge on any atom is -0.491 e. The van der Waals surface area contributed by atoms with Crippen LogP contribution < -0.4 is 10.1 Å². The van der Waals surface area contributed by atoms with Crippen LogP contribution in [0.15, 0.2) is 34.6 Å². The maximum absolute atomic E-state index is 12.9. The van der Waals surface area contributed by atoms with Crippen LogP contribution >= 0.6 is 35.3 Å². The maximum Gasteiger partial charge on any atom is 0.419 e. The molecule has 1 heterocycles. The first-order valence-corrected chi connectivity index (χ1v) is 8.81. The monoisotopic (exact) mass is 514 g/mol. The largest absolute Gasteiger partial charge is 0.491 e. The average molecular weight is 514 g/mol. The second-order valence-electron chi connectivity index (χ2n) is 5.53. The van der Waals surface area contributed by atoms with E-state index < -0.39 is 11.7 Å². The highest BCUT2D eigenvalue weighted by atomic mass is 127. The number of nitrogens with one attached hydrogen (secondary N) is 1. The molecule has 0 fully saturated rings. The van der Waals surface area contributed by atoms with Crippen molar-refractivity contribution >= 4 is 41.3 Å². The predicted molar refractivity (Wildman–Crippen MR) is 112 cm³/mol. The van der Waals surface area contributed by atoms with E-state index >= 15 is 0 Å². The molecule has 0 radical (unpaired) electrons. The third-order valence-corrected chi connectivity index (χ3v) is 4.30. The summed E-state index contributed by atoms with van der Waals surface area (Å²) in [5, 5.41) is 6.05. The summed E-state index contributed by atoms with van der Waals surface area (Å²) in [6, 6.07) is 5.17. The van der Waals surface area contributed by atoms with E-state index in [2.05, 4.69) is 15.3 Å². The third kappa shape index (κ3) is 7.17. The lowest BCUT2D eigenvalue weighted by atomic mass is 10.2. The van der Waals surface area contributed by atoms with Gasteiger partial charge in [0, 0.05) is 19.5 Å². The minimum atomic E-state index is -4.44. The van der Waals surface area contributed by atoms with Gasteiger partial charge in [0.2, 0.25) is 0 Å². The molecular formula is C17H22F3IN4OS. The zero-order valence-electron chi connectivity index (χ0n) is 15.2. The zero-order chi connectivity index (χ0) is 19.2. The normalized spacial score (nSPS) is 11.7. The summed E-state index contributed by atoms with van der Waals surface area (Å²) in [5.41, 5.74) is 0.161. The molecule has 1 N–H and O–H groups in total. The second kappa shape index (κ2) is 10.7. The van der Waals surface area contributed by atoms with Crippen molar-refractivity contribution in [1.29, 1.82) is 0 Å². The fourth-order valence-corrected chi connectivity index (χ4v) is 2.94. The number of thiazole rings is 1. The van der Waals surface area contributed by atoms with Crippen molar-refractivity contribution < 1.29 is 17.9 Å². The zero-order valence-corrected chi connectivity index (χ0v) is 18.4. The van der Waals surface area contributed by atoms with E-state index in [-0.39, 0.29) is 36.3 Å². The minimum absolute atomic E-state index is 0. The Hall–Kier alpha value is -1.56. The first-order chi connectivity index (χ1) is 12.3. The summed E-state index contributed by atoms with van der Waals surface area (Å²) in [6.07, 6.45) is -4.44. The molecule has 5 nitrogen and oxygen atoms in total. The molecule has 0 saturated heterocycles. The number of halogens is 4. The maximum atomic E-state index is 12.9. The molecule has 0 aliphatic carbocycles. The first-order valence-electron chi connectivity index (χ1n) is 7.93. The SMILES string of the molecule is CN=C(NCCOc1ccccc1C(F)(F)F)N(C)Cc1csc(C)n1.I. The van der Waals surface area contributed by atoms with Crippen LogP contribution in [0.1, 0.15) is 16.3 Å². The van der Waals surface area contributed by atoms with Gasteiger partial charge in [-0.2, -0.15) is 13.2 Å². The number of ether oxygens (including phenoxy) is 1. The Bertz CT molecular complexity index is 752. The molecule has 0 saturated carbocycles. The van der Waals surface area contributed by atoms with E-state index in [0.717, 1.165) is 16.8 Å². The molecule has 0 bridgehead atoms. The molecule has 0 amide bonds. The summed E-state index contributed by atoms with van der Waals surface area (Å²) in [7, 11) is 3.51.